The van der Waals surface area contributed by atoms with Crippen LogP contribution in [0.1, 0.15) is 40.0 Å². The molecule has 0 radical (unpaired) electrons. The van der Waals surface area contributed by atoms with Crippen LogP contribution in [0.5, 0.6) is 0 Å². The third-order valence-electron chi connectivity index (χ3n) is 2.18. The Morgan fingerprint density at radius 2 is 1.65 bits per heavy atom. The fourth-order valence-electron chi connectivity index (χ4n) is 0.872. The van der Waals surface area contributed by atoms with Crippen molar-refractivity contribution in [1.29, 1.82) is 0 Å². The second-order valence-electron chi connectivity index (χ2n) is 4.24. The number of rotatable bonds is 6. The van der Waals surface area contributed by atoms with Crippen molar-refractivity contribution in [2.24, 2.45) is 17.4 Å². The third-order valence-corrected chi connectivity index (χ3v) is 2.18. The van der Waals surface area contributed by atoms with Crippen LogP contribution in [-0.2, 0) is 9.59 Å². The lowest BCUT2D eigenvalue weighted by Gasteiger charge is -2.11. The van der Waals surface area contributed by atoms with E-state index in [1.807, 2.05) is 20.8 Å². The number of hydrogen-bond donors (Lipinski definition) is 4. The quantitative estimate of drug-likeness (QED) is 0.546. The van der Waals surface area contributed by atoms with Crippen LogP contribution in [0.2, 0.25) is 0 Å². The Morgan fingerprint density at radius 1 is 1.18 bits per heavy atom. The van der Waals surface area contributed by atoms with Gasteiger partial charge in [-0.05, 0) is 12.3 Å². The van der Waals surface area contributed by atoms with Gasteiger partial charge in [-0.3, -0.25) is 9.59 Å². The molecule has 0 saturated carbocycles. The minimum absolute atomic E-state index is 0.0671. The molecule has 0 fully saturated rings. The Balaban J connectivity index is 0. The maximum atomic E-state index is 10.0. The molecule has 0 aromatic heterocycles. The second-order valence-corrected chi connectivity index (χ2v) is 4.24. The number of nitrogens with two attached hydrogens (primary N) is 2. The van der Waals surface area contributed by atoms with Crippen LogP contribution in [0.3, 0.4) is 0 Å². The first kappa shape index (κ1) is 18.2. The smallest absolute Gasteiger partial charge is 0.320 e. The van der Waals surface area contributed by atoms with Crippen molar-refractivity contribution in [2.75, 3.05) is 0 Å². The first-order chi connectivity index (χ1) is 7.72. The van der Waals surface area contributed by atoms with Crippen LogP contribution in [0, 0.1) is 5.92 Å². The summed E-state index contributed by atoms with van der Waals surface area (Å²) in [5.74, 6) is -1.48. The van der Waals surface area contributed by atoms with Gasteiger partial charge in [0.25, 0.3) is 0 Å². The van der Waals surface area contributed by atoms with Crippen LogP contribution < -0.4 is 11.5 Å². The van der Waals surface area contributed by atoms with Crippen molar-refractivity contribution in [1.82, 2.24) is 0 Å². The molecule has 102 valence electrons. The van der Waals surface area contributed by atoms with E-state index in [1.165, 1.54) is 0 Å². The van der Waals surface area contributed by atoms with Crippen molar-refractivity contribution in [3.05, 3.63) is 0 Å². The molecule has 0 heterocycles. The van der Waals surface area contributed by atoms with Crippen molar-refractivity contribution in [3.63, 3.8) is 0 Å². The fraction of sp³-hybridized carbons (Fsp3) is 0.818. The summed E-state index contributed by atoms with van der Waals surface area (Å²) in [5, 5.41) is 16.4. The SMILES string of the molecule is CC(C)C(N)CC(=O)O.CCC[C@H](N)C(=O)O. The monoisotopic (exact) mass is 248 g/mol. The molecule has 0 spiro atoms. The highest BCUT2D eigenvalue weighted by atomic mass is 16.4. The van der Waals surface area contributed by atoms with Gasteiger partial charge in [-0.25, -0.2) is 0 Å². The molecule has 0 aliphatic rings. The van der Waals surface area contributed by atoms with Gasteiger partial charge in [-0.1, -0.05) is 27.2 Å². The summed E-state index contributed by atoms with van der Waals surface area (Å²) in [7, 11) is 0. The van der Waals surface area contributed by atoms with Gasteiger partial charge in [0, 0.05) is 6.04 Å². The molecular formula is C11H24N2O4. The van der Waals surface area contributed by atoms with E-state index in [9.17, 15) is 9.59 Å². The Kier molecular flexibility index (Phi) is 10.8. The number of carboxylic acids is 2. The molecule has 0 aliphatic heterocycles. The normalized spacial score (nSPS) is 13.5. The number of aliphatic carboxylic acids is 2. The van der Waals surface area contributed by atoms with Gasteiger partial charge in [0.15, 0.2) is 0 Å². The third kappa shape index (κ3) is 12.8. The summed E-state index contributed by atoms with van der Waals surface area (Å²) in [6.45, 7) is 5.73. The lowest BCUT2D eigenvalue weighted by Crippen LogP contribution is -2.29. The van der Waals surface area contributed by atoms with Crippen LogP contribution in [0.4, 0.5) is 0 Å². The Hall–Kier alpha value is -1.14. The van der Waals surface area contributed by atoms with E-state index < -0.39 is 18.0 Å². The summed E-state index contributed by atoms with van der Waals surface area (Å²) in [6, 6.07) is -0.873. The molecule has 6 heteroatoms. The standard InChI is InChI=1S/C6H13NO2.C5H11NO2/c1-4(2)5(7)3-6(8)9;1-2-3-4(6)5(7)8/h4-5H,3,7H2,1-2H3,(H,8,9);4H,2-3,6H2,1H3,(H,7,8)/t;4-/m.0/s1. The highest BCUT2D eigenvalue weighted by molar-refractivity contribution is 5.72. The van der Waals surface area contributed by atoms with E-state index in [1.54, 1.807) is 0 Å². The van der Waals surface area contributed by atoms with Crippen LogP contribution in [0.25, 0.3) is 0 Å². The minimum Gasteiger partial charge on any atom is -0.481 e. The van der Waals surface area contributed by atoms with Crippen LogP contribution >= 0.6 is 0 Å². The number of hydrogen-bond acceptors (Lipinski definition) is 4. The lowest BCUT2D eigenvalue weighted by molar-refractivity contribution is -0.139. The summed E-state index contributed by atoms with van der Waals surface area (Å²) >= 11 is 0. The van der Waals surface area contributed by atoms with Crippen LogP contribution in [0.15, 0.2) is 0 Å². The zero-order valence-electron chi connectivity index (χ0n) is 10.7. The molecular weight excluding hydrogens is 224 g/mol. The van der Waals surface area contributed by atoms with Crippen LogP contribution in [-0.4, -0.2) is 34.2 Å². The average Bonchev–Trinajstić information content (AvgIpc) is 2.17. The fourth-order valence-corrected chi connectivity index (χ4v) is 0.872. The van der Waals surface area contributed by atoms with Gasteiger partial charge in [-0.2, -0.15) is 0 Å². The topological polar surface area (TPSA) is 127 Å². The summed E-state index contributed by atoms with van der Waals surface area (Å²) in [4.78, 5) is 20.0. The van der Waals surface area contributed by atoms with E-state index in [0.29, 0.717) is 6.42 Å². The minimum atomic E-state index is -0.910. The van der Waals surface area contributed by atoms with Gasteiger partial charge >= 0.3 is 11.9 Å². The molecule has 0 rings (SSSR count). The zero-order valence-corrected chi connectivity index (χ0v) is 10.7. The maximum absolute atomic E-state index is 10.0. The molecule has 0 saturated heterocycles. The zero-order chi connectivity index (χ0) is 14.0. The molecule has 17 heavy (non-hydrogen) atoms. The molecule has 0 aliphatic carbocycles. The highest BCUT2D eigenvalue weighted by Crippen LogP contribution is 2.01. The Bertz CT molecular complexity index is 232. The number of carbonyl (C=O) groups is 2. The van der Waals surface area contributed by atoms with Crippen molar-refractivity contribution in [3.8, 4) is 0 Å². The van der Waals surface area contributed by atoms with Gasteiger partial charge in [0.1, 0.15) is 6.04 Å². The molecule has 0 bridgehead atoms. The Morgan fingerprint density at radius 3 is 1.76 bits per heavy atom. The van der Waals surface area contributed by atoms with Crippen molar-refractivity contribution in [2.45, 2.75) is 52.1 Å². The molecule has 1 unspecified atom stereocenters. The lowest BCUT2D eigenvalue weighted by atomic mass is 10.0. The average molecular weight is 248 g/mol. The van der Waals surface area contributed by atoms with Gasteiger partial charge < -0.3 is 21.7 Å². The molecule has 6 N–H and O–H groups in total. The highest BCUT2D eigenvalue weighted by Gasteiger charge is 2.10. The Labute approximate surface area is 102 Å². The first-order valence-electron chi connectivity index (χ1n) is 5.68. The first-order valence-corrected chi connectivity index (χ1v) is 5.68. The second kappa shape index (κ2) is 10.0. The molecule has 6 nitrogen and oxygen atoms in total. The van der Waals surface area contributed by atoms with Gasteiger partial charge in [0.2, 0.25) is 0 Å². The molecule has 0 aromatic rings. The van der Waals surface area contributed by atoms with E-state index >= 15 is 0 Å². The van der Waals surface area contributed by atoms with E-state index in [-0.39, 0.29) is 18.4 Å². The number of carboxylic acid groups (broad SMARTS) is 2. The summed E-state index contributed by atoms with van der Waals surface area (Å²) < 4.78 is 0. The largest absolute Gasteiger partial charge is 0.481 e. The van der Waals surface area contributed by atoms with E-state index in [0.717, 1.165) is 6.42 Å². The van der Waals surface area contributed by atoms with Crippen molar-refractivity contribution >= 4 is 11.9 Å². The summed E-state index contributed by atoms with van der Waals surface area (Å²) in [5.41, 5.74) is 10.6. The molecule has 0 amide bonds. The maximum Gasteiger partial charge on any atom is 0.320 e. The summed E-state index contributed by atoms with van der Waals surface area (Å²) in [6.07, 6.45) is 1.46. The predicted molar refractivity (Wildman–Crippen MR) is 65.6 cm³/mol. The molecule has 0 aromatic carbocycles. The van der Waals surface area contributed by atoms with E-state index in [2.05, 4.69) is 0 Å². The molecule has 2 atom stereocenters. The van der Waals surface area contributed by atoms with Gasteiger partial charge in [0.05, 0.1) is 6.42 Å². The van der Waals surface area contributed by atoms with Gasteiger partial charge in [-0.15, -0.1) is 0 Å². The predicted octanol–water partition coefficient (Wildman–Crippen LogP) is 0.643. The van der Waals surface area contributed by atoms with Crippen molar-refractivity contribution < 1.29 is 19.8 Å². The van der Waals surface area contributed by atoms with E-state index in [4.69, 9.17) is 21.7 Å².